The van der Waals surface area contributed by atoms with Gasteiger partial charge in [-0.1, -0.05) is 67.2 Å². The Bertz CT molecular complexity index is 256. The fraction of sp³-hybridized carbons (Fsp3) is 0.944. The van der Waals surface area contributed by atoms with E-state index in [4.69, 9.17) is 0 Å². The van der Waals surface area contributed by atoms with Gasteiger partial charge in [0.2, 0.25) is 5.91 Å². The van der Waals surface area contributed by atoms with Gasteiger partial charge in [-0.3, -0.25) is 4.79 Å². The van der Waals surface area contributed by atoms with Gasteiger partial charge in [-0.25, -0.2) is 0 Å². The van der Waals surface area contributed by atoms with Crippen LogP contribution in [0.4, 0.5) is 0 Å². The predicted octanol–water partition coefficient (Wildman–Crippen LogP) is 5.17. The molecule has 1 amide bonds. The van der Waals surface area contributed by atoms with Gasteiger partial charge >= 0.3 is 0 Å². The molecule has 0 aliphatic rings. The van der Waals surface area contributed by atoms with Crippen molar-refractivity contribution in [3.8, 4) is 0 Å². The van der Waals surface area contributed by atoms with Crippen molar-refractivity contribution in [1.82, 2.24) is 5.32 Å². The third-order valence-corrected chi connectivity index (χ3v) is 3.63. The molecule has 0 aliphatic heterocycles. The van der Waals surface area contributed by atoms with E-state index in [0.29, 0.717) is 12.3 Å². The van der Waals surface area contributed by atoms with E-state index < -0.39 is 0 Å². The lowest BCUT2D eigenvalue weighted by Gasteiger charge is -2.25. The highest BCUT2D eigenvalue weighted by Gasteiger charge is 2.22. The van der Waals surface area contributed by atoms with Crippen molar-refractivity contribution < 1.29 is 4.79 Å². The second-order valence-corrected chi connectivity index (χ2v) is 7.89. The summed E-state index contributed by atoms with van der Waals surface area (Å²) in [5, 5.41) is 3.07. The van der Waals surface area contributed by atoms with Crippen LogP contribution in [0.25, 0.3) is 0 Å². The molecule has 0 unspecified atom stereocenters. The van der Waals surface area contributed by atoms with Gasteiger partial charge in [-0.2, -0.15) is 0 Å². The Kier molecular flexibility index (Phi) is 9.96. The maximum atomic E-state index is 11.9. The predicted molar refractivity (Wildman–Crippen MR) is 88.8 cm³/mol. The summed E-state index contributed by atoms with van der Waals surface area (Å²) in [4.78, 5) is 11.9. The Morgan fingerprint density at radius 3 is 2.10 bits per heavy atom. The molecule has 0 saturated heterocycles. The summed E-state index contributed by atoms with van der Waals surface area (Å²) in [6, 6.07) is 0. The van der Waals surface area contributed by atoms with E-state index in [-0.39, 0.29) is 11.3 Å². The minimum atomic E-state index is 0.121. The van der Waals surface area contributed by atoms with E-state index in [2.05, 4.69) is 46.9 Å². The molecular weight excluding hydrogens is 246 g/mol. The van der Waals surface area contributed by atoms with Crippen molar-refractivity contribution in [1.29, 1.82) is 0 Å². The minimum absolute atomic E-state index is 0.121. The van der Waals surface area contributed by atoms with Crippen LogP contribution in [0.3, 0.4) is 0 Å². The van der Waals surface area contributed by atoms with E-state index >= 15 is 0 Å². The van der Waals surface area contributed by atoms with Gasteiger partial charge in [0.25, 0.3) is 0 Å². The Hall–Kier alpha value is -0.530. The summed E-state index contributed by atoms with van der Waals surface area (Å²) in [6.45, 7) is 14.2. The van der Waals surface area contributed by atoms with Crippen LogP contribution in [0, 0.1) is 17.3 Å². The molecule has 120 valence electrons. The van der Waals surface area contributed by atoms with E-state index in [1.165, 1.54) is 25.7 Å². The van der Waals surface area contributed by atoms with E-state index in [1.807, 2.05) is 0 Å². The summed E-state index contributed by atoms with van der Waals surface area (Å²) >= 11 is 0. The second-order valence-electron chi connectivity index (χ2n) is 7.89. The lowest BCUT2D eigenvalue weighted by Crippen LogP contribution is -2.30. The first-order valence-corrected chi connectivity index (χ1v) is 8.49. The molecule has 0 aromatic rings. The number of carbonyl (C=O) groups excluding carboxylic acids is 1. The maximum Gasteiger partial charge on any atom is 0.220 e. The first kappa shape index (κ1) is 19.5. The van der Waals surface area contributed by atoms with Crippen molar-refractivity contribution in [2.45, 2.75) is 86.5 Å². The van der Waals surface area contributed by atoms with E-state index in [9.17, 15) is 4.79 Å². The molecule has 0 spiro atoms. The van der Waals surface area contributed by atoms with Crippen LogP contribution >= 0.6 is 0 Å². The number of rotatable bonds is 11. The fourth-order valence-electron chi connectivity index (χ4n) is 2.93. The van der Waals surface area contributed by atoms with Crippen LogP contribution in [-0.2, 0) is 4.79 Å². The number of hydrogen-bond donors (Lipinski definition) is 1. The van der Waals surface area contributed by atoms with Crippen LogP contribution in [0.2, 0.25) is 0 Å². The monoisotopic (exact) mass is 283 g/mol. The second kappa shape index (κ2) is 10.2. The van der Waals surface area contributed by atoms with Crippen LogP contribution < -0.4 is 5.32 Å². The summed E-state index contributed by atoms with van der Waals surface area (Å²) in [5.41, 5.74) is 0.121. The van der Waals surface area contributed by atoms with Crippen molar-refractivity contribution in [2.75, 3.05) is 6.54 Å². The molecule has 0 aliphatic carbocycles. The molecule has 0 radical (unpaired) electrons. The SMILES string of the molecule is CC(C)CCCCCCNC(=O)CC(C)(C)CC(C)C. The zero-order valence-corrected chi connectivity index (χ0v) is 14.7. The third-order valence-electron chi connectivity index (χ3n) is 3.63. The minimum Gasteiger partial charge on any atom is -0.356 e. The van der Waals surface area contributed by atoms with Crippen LogP contribution in [0.5, 0.6) is 0 Å². The number of amides is 1. The highest BCUT2D eigenvalue weighted by molar-refractivity contribution is 5.76. The van der Waals surface area contributed by atoms with Crippen molar-refractivity contribution in [3.63, 3.8) is 0 Å². The number of hydrogen-bond acceptors (Lipinski definition) is 1. The van der Waals surface area contributed by atoms with Gasteiger partial charge < -0.3 is 5.32 Å². The molecule has 2 nitrogen and oxygen atoms in total. The lowest BCUT2D eigenvalue weighted by atomic mass is 9.81. The maximum absolute atomic E-state index is 11.9. The molecule has 1 N–H and O–H groups in total. The number of nitrogens with one attached hydrogen (secondary N) is 1. The average molecular weight is 284 g/mol. The summed E-state index contributed by atoms with van der Waals surface area (Å²) in [6.07, 6.45) is 8.07. The van der Waals surface area contributed by atoms with Gasteiger partial charge in [0.05, 0.1) is 0 Å². The quantitative estimate of drug-likeness (QED) is 0.521. The summed E-state index contributed by atoms with van der Waals surface area (Å²) in [7, 11) is 0. The molecule has 2 heteroatoms. The Balaban J connectivity index is 3.59. The first-order chi connectivity index (χ1) is 9.23. The van der Waals surface area contributed by atoms with Crippen molar-refractivity contribution >= 4 is 5.91 Å². The molecule has 0 rings (SSSR count). The number of unbranched alkanes of at least 4 members (excludes halogenated alkanes) is 3. The van der Waals surface area contributed by atoms with Crippen LogP contribution in [0.1, 0.15) is 86.5 Å². The highest BCUT2D eigenvalue weighted by Crippen LogP contribution is 2.28. The Morgan fingerprint density at radius 1 is 0.950 bits per heavy atom. The third kappa shape index (κ3) is 12.5. The fourth-order valence-corrected chi connectivity index (χ4v) is 2.93. The molecule has 0 heterocycles. The summed E-state index contributed by atoms with van der Waals surface area (Å²) < 4.78 is 0. The van der Waals surface area contributed by atoms with E-state index in [0.717, 1.165) is 25.3 Å². The zero-order chi connectivity index (χ0) is 15.6. The molecular formula is C18H37NO. The molecule has 0 atom stereocenters. The van der Waals surface area contributed by atoms with Gasteiger partial charge in [-0.15, -0.1) is 0 Å². The van der Waals surface area contributed by atoms with Gasteiger partial charge in [0.1, 0.15) is 0 Å². The highest BCUT2D eigenvalue weighted by atomic mass is 16.1. The largest absolute Gasteiger partial charge is 0.356 e. The van der Waals surface area contributed by atoms with Gasteiger partial charge in [0, 0.05) is 13.0 Å². The topological polar surface area (TPSA) is 29.1 Å². The molecule has 0 fully saturated rings. The lowest BCUT2D eigenvalue weighted by molar-refractivity contribution is -0.123. The standard InChI is InChI=1S/C18H37NO/c1-15(2)11-9-7-8-10-12-19-17(20)14-18(5,6)13-16(3)4/h15-16H,7-14H2,1-6H3,(H,19,20). The Morgan fingerprint density at radius 2 is 1.55 bits per heavy atom. The van der Waals surface area contributed by atoms with E-state index in [1.54, 1.807) is 0 Å². The van der Waals surface area contributed by atoms with Crippen molar-refractivity contribution in [3.05, 3.63) is 0 Å². The van der Waals surface area contributed by atoms with Crippen LogP contribution in [-0.4, -0.2) is 12.5 Å². The average Bonchev–Trinajstić information content (AvgIpc) is 2.24. The zero-order valence-electron chi connectivity index (χ0n) is 14.7. The normalized spacial score (nSPS) is 12.2. The number of carbonyl (C=O) groups is 1. The van der Waals surface area contributed by atoms with Crippen molar-refractivity contribution in [2.24, 2.45) is 17.3 Å². The Labute approximate surface area is 127 Å². The van der Waals surface area contributed by atoms with Gasteiger partial charge in [-0.05, 0) is 30.1 Å². The van der Waals surface area contributed by atoms with Crippen LogP contribution in [0.15, 0.2) is 0 Å². The smallest absolute Gasteiger partial charge is 0.220 e. The molecule has 0 bridgehead atoms. The summed E-state index contributed by atoms with van der Waals surface area (Å²) in [5.74, 6) is 1.69. The first-order valence-electron chi connectivity index (χ1n) is 8.49. The molecule has 0 aromatic carbocycles. The van der Waals surface area contributed by atoms with Gasteiger partial charge in [0.15, 0.2) is 0 Å². The molecule has 0 saturated carbocycles. The molecule has 0 aromatic heterocycles. The molecule has 20 heavy (non-hydrogen) atoms.